The van der Waals surface area contributed by atoms with Crippen molar-refractivity contribution in [2.45, 2.75) is 31.5 Å². The third-order valence-electron chi connectivity index (χ3n) is 7.13. The molecule has 0 aliphatic carbocycles. The van der Waals surface area contributed by atoms with Gasteiger partial charge in [-0.3, -0.25) is 9.58 Å². The van der Waals surface area contributed by atoms with Crippen molar-refractivity contribution in [1.29, 1.82) is 0 Å². The lowest BCUT2D eigenvalue weighted by Gasteiger charge is -2.36. The van der Waals surface area contributed by atoms with Crippen LogP contribution in [0.4, 0.5) is 33.5 Å². The summed E-state index contributed by atoms with van der Waals surface area (Å²) in [5.74, 6) is 0.715. The lowest BCUT2D eigenvalue weighted by molar-refractivity contribution is -0.146. The van der Waals surface area contributed by atoms with Crippen LogP contribution >= 0.6 is 11.6 Å². The Morgan fingerprint density at radius 2 is 1.76 bits per heavy atom. The van der Waals surface area contributed by atoms with Gasteiger partial charge in [0, 0.05) is 73.5 Å². The van der Waals surface area contributed by atoms with E-state index >= 15 is 0 Å². The Hall–Kier alpha value is -2.92. The molecule has 2 fully saturated rings. The minimum absolute atomic E-state index is 0.0813. The Labute approximate surface area is 222 Å². The summed E-state index contributed by atoms with van der Waals surface area (Å²) in [5, 5.41) is 4.74. The molecule has 0 N–H and O–H groups in total. The highest BCUT2D eigenvalue weighted by Crippen LogP contribution is 2.37. The summed E-state index contributed by atoms with van der Waals surface area (Å²) in [4.78, 5) is 10.2. The van der Waals surface area contributed by atoms with Gasteiger partial charge < -0.3 is 9.80 Å². The highest BCUT2D eigenvalue weighted by molar-refractivity contribution is 6.31. The van der Waals surface area contributed by atoms with Crippen LogP contribution in [-0.2, 0) is 0 Å². The van der Waals surface area contributed by atoms with E-state index in [2.05, 4.69) is 15.0 Å². The van der Waals surface area contributed by atoms with Crippen LogP contribution in [0.1, 0.15) is 31.0 Å². The summed E-state index contributed by atoms with van der Waals surface area (Å²) in [6, 6.07) is 10.6. The summed E-state index contributed by atoms with van der Waals surface area (Å²) in [6.45, 7) is 1.96. The number of halogens is 6. The molecule has 3 aromatic rings. The fourth-order valence-electron chi connectivity index (χ4n) is 5.31. The number of anilines is 2. The van der Waals surface area contributed by atoms with Crippen LogP contribution in [0, 0.1) is 0 Å². The number of piperidine rings is 1. The first-order valence-corrected chi connectivity index (χ1v) is 12.9. The van der Waals surface area contributed by atoms with Crippen LogP contribution in [0.15, 0.2) is 48.8 Å². The van der Waals surface area contributed by atoms with Gasteiger partial charge in [-0.15, -0.1) is 0 Å². The Morgan fingerprint density at radius 1 is 0.974 bits per heavy atom. The van der Waals surface area contributed by atoms with E-state index in [0.717, 1.165) is 36.2 Å². The van der Waals surface area contributed by atoms with Gasteiger partial charge in [0.25, 0.3) is 6.43 Å². The molecular formula is C26H28ClF5N6. The van der Waals surface area contributed by atoms with Crippen molar-refractivity contribution >= 4 is 23.1 Å². The maximum Gasteiger partial charge on any atom is 0.401 e. The SMILES string of the molecule is FC(F)c1ccnn1C1CCCN(c2cc(Cl)ccc2-c2ccc(N3CCN(CC(F)(F)F)CC3)nc2)C1. The number of nitrogens with zero attached hydrogens (tertiary/aromatic N) is 6. The maximum absolute atomic E-state index is 13.5. The monoisotopic (exact) mass is 554 g/mol. The van der Waals surface area contributed by atoms with Crippen molar-refractivity contribution in [1.82, 2.24) is 19.7 Å². The Balaban J connectivity index is 1.32. The molecule has 12 heteroatoms. The van der Waals surface area contributed by atoms with Crippen molar-refractivity contribution in [3.63, 3.8) is 0 Å². The fraction of sp³-hybridized carbons (Fsp3) is 0.462. The average molecular weight is 555 g/mol. The zero-order valence-corrected chi connectivity index (χ0v) is 21.3. The second kappa shape index (κ2) is 11.1. The molecule has 1 atom stereocenters. The smallest absolute Gasteiger partial charge is 0.369 e. The lowest BCUT2D eigenvalue weighted by atomic mass is 10.0. The molecule has 4 heterocycles. The van der Waals surface area contributed by atoms with E-state index < -0.39 is 19.1 Å². The molecule has 2 aromatic heterocycles. The van der Waals surface area contributed by atoms with Crippen molar-refractivity contribution in [2.24, 2.45) is 0 Å². The summed E-state index contributed by atoms with van der Waals surface area (Å²) in [7, 11) is 0. The summed E-state index contributed by atoms with van der Waals surface area (Å²) >= 11 is 6.36. The van der Waals surface area contributed by atoms with Gasteiger partial charge in [0.15, 0.2) is 0 Å². The van der Waals surface area contributed by atoms with Gasteiger partial charge in [-0.05, 0) is 43.2 Å². The van der Waals surface area contributed by atoms with Gasteiger partial charge in [-0.25, -0.2) is 13.8 Å². The number of piperazine rings is 1. The van der Waals surface area contributed by atoms with Crippen LogP contribution in [0.3, 0.4) is 0 Å². The third-order valence-corrected chi connectivity index (χ3v) is 7.36. The molecule has 2 aliphatic rings. The molecule has 0 bridgehead atoms. The standard InChI is InChI=1S/C26H28ClF5N6/c27-19-4-5-21(18-3-6-24(33-15-18)36-12-10-35(11-13-36)17-26(30,31)32)23(14-19)37-9-1-2-20(16-37)38-22(25(28)29)7-8-34-38/h3-8,14-15,20,25H,1-2,9-13,16-17H2. The third kappa shape index (κ3) is 6.04. The quantitative estimate of drug-likeness (QED) is 0.346. The van der Waals surface area contributed by atoms with E-state index in [4.69, 9.17) is 11.6 Å². The van der Waals surface area contributed by atoms with Crippen molar-refractivity contribution in [3.05, 3.63) is 59.5 Å². The van der Waals surface area contributed by atoms with Crippen molar-refractivity contribution in [3.8, 4) is 11.1 Å². The molecule has 5 rings (SSSR count). The van der Waals surface area contributed by atoms with Crippen molar-refractivity contribution < 1.29 is 22.0 Å². The van der Waals surface area contributed by atoms with Crippen LogP contribution < -0.4 is 9.80 Å². The molecule has 38 heavy (non-hydrogen) atoms. The van der Waals surface area contributed by atoms with Gasteiger partial charge in [-0.1, -0.05) is 17.7 Å². The van der Waals surface area contributed by atoms with Crippen LogP contribution in [-0.4, -0.2) is 71.7 Å². The molecule has 6 nitrogen and oxygen atoms in total. The number of rotatable bonds is 6. The normalized spacial score (nSPS) is 19.4. The molecule has 1 aromatic carbocycles. The molecule has 1 unspecified atom stereocenters. The minimum atomic E-state index is -4.20. The van der Waals surface area contributed by atoms with E-state index in [9.17, 15) is 22.0 Å². The molecule has 2 saturated heterocycles. The summed E-state index contributed by atoms with van der Waals surface area (Å²) < 4.78 is 66.4. The molecule has 0 amide bonds. The highest BCUT2D eigenvalue weighted by atomic mass is 35.5. The van der Waals surface area contributed by atoms with E-state index in [-0.39, 0.29) is 11.7 Å². The number of hydrogen-bond acceptors (Lipinski definition) is 5. The zero-order valence-electron chi connectivity index (χ0n) is 20.6. The van der Waals surface area contributed by atoms with Gasteiger partial charge in [0.2, 0.25) is 0 Å². The molecule has 204 valence electrons. The van der Waals surface area contributed by atoms with Gasteiger partial charge in [0.05, 0.1) is 12.6 Å². The van der Waals surface area contributed by atoms with Crippen LogP contribution in [0.2, 0.25) is 5.02 Å². The molecule has 0 saturated carbocycles. The van der Waals surface area contributed by atoms with Crippen molar-refractivity contribution in [2.75, 3.05) is 55.6 Å². The number of pyridine rings is 1. The zero-order chi connectivity index (χ0) is 26.9. The van der Waals surface area contributed by atoms with Crippen LogP contribution in [0.5, 0.6) is 0 Å². The first kappa shape index (κ1) is 26.7. The summed E-state index contributed by atoms with van der Waals surface area (Å²) in [5.41, 5.74) is 2.59. The Morgan fingerprint density at radius 3 is 2.45 bits per heavy atom. The minimum Gasteiger partial charge on any atom is -0.369 e. The Kier molecular flexibility index (Phi) is 7.76. The Bertz CT molecular complexity index is 1220. The number of hydrogen-bond donors (Lipinski definition) is 0. The largest absolute Gasteiger partial charge is 0.401 e. The van der Waals surface area contributed by atoms with Crippen LogP contribution in [0.25, 0.3) is 11.1 Å². The topological polar surface area (TPSA) is 40.4 Å². The predicted molar refractivity (Wildman–Crippen MR) is 137 cm³/mol. The first-order valence-electron chi connectivity index (χ1n) is 12.5. The van der Waals surface area contributed by atoms with E-state index in [1.165, 1.54) is 21.8 Å². The second-order valence-corrected chi connectivity index (χ2v) is 10.1. The molecule has 2 aliphatic heterocycles. The molecule has 0 spiro atoms. The fourth-order valence-corrected chi connectivity index (χ4v) is 5.47. The summed E-state index contributed by atoms with van der Waals surface area (Å²) in [6.07, 6.45) is -2.05. The highest BCUT2D eigenvalue weighted by Gasteiger charge is 2.32. The molecular weight excluding hydrogens is 527 g/mol. The molecule has 0 radical (unpaired) electrons. The van der Waals surface area contributed by atoms with Gasteiger partial charge >= 0.3 is 6.18 Å². The van der Waals surface area contributed by atoms with E-state index in [1.54, 1.807) is 12.3 Å². The second-order valence-electron chi connectivity index (χ2n) is 9.69. The van der Waals surface area contributed by atoms with Gasteiger partial charge in [-0.2, -0.15) is 18.3 Å². The maximum atomic E-state index is 13.5. The van der Waals surface area contributed by atoms with Gasteiger partial charge in [0.1, 0.15) is 11.5 Å². The van der Waals surface area contributed by atoms with E-state index in [0.29, 0.717) is 43.6 Å². The van der Waals surface area contributed by atoms with E-state index in [1.807, 2.05) is 29.2 Å². The lowest BCUT2D eigenvalue weighted by Crippen LogP contribution is -2.49. The number of benzene rings is 1. The predicted octanol–water partition coefficient (Wildman–Crippen LogP) is 6.06. The average Bonchev–Trinajstić information content (AvgIpc) is 3.39. The first-order chi connectivity index (χ1) is 18.2. The number of alkyl halides is 5. The number of aromatic nitrogens is 3.